The van der Waals surface area contributed by atoms with Crippen LogP contribution in [0.3, 0.4) is 0 Å². The second kappa shape index (κ2) is 6.75. The Morgan fingerprint density at radius 1 is 1.42 bits per heavy atom. The molecule has 0 aliphatic carbocycles. The molecule has 1 unspecified atom stereocenters. The minimum atomic E-state index is -0.00843. The molecule has 2 N–H and O–H groups in total. The van der Waals surface area contributed by atoms with Crippen LogP contribution >= 0.6 is 11.3 Å². The summed E-state index contributed by atoms with van der Waals surface area (Å²) in [6, 6.07) is 0. The highest BCUT2D eigenvalue weighted by molar-refractivity contribution is 7.18. The van der Waals surface area contributed by atoms with Gasteiger partial charge in [-0.3, -0.25) is 4.79 Å². The van der Waals surface area contributed by atoms with Crippen molar-refractivity contribution in [3.8, 4) is 0 Å². The van der Waals surface area contributed by atoms with Gasteiger partial charge in [0.25, 0.3) is 5.91 Å². The van der Waals surface area contributed by atoms with E-state index in [2.05, 4.69) is 18.8 Å². The average molecular weight is 284 g/mol. The summed E-state index contributed by atoms with van der Waals surface area (Å²) in [6.45, 7) is 7.73. The van der Waals surface area contributed by atoms with Crippen LogP contribution < -0.4 is 10.6 Å². The number of nitrogen functional groups attached to an aromatic ring is 1. The van der Waals surface area contributed by atoms with Gasteiger partial charge in [0.15, 0.2) is 5.13 Å². The van der Waals surface area contributed by atoms with Gasteiger partial charge >= 0.3 is 0 Å². The van der Waals surface area contributed by atoms with Crippen molar-refractivity contribution in [2.45, 2.75) is 27.2 Å². The van der Waals surface area contributed by atoms with Gasteiger partial charge in [-0.2, -0.15) is 0 Å². The number of carbonyl (C=O) groups is 1. The summed E-state index contributed by atoms with van der Waals surface area (Å²) in [4.78, 5) is 21.0. The molecule has 0 bridgehead atoms. The zero-order valence-electron chi connectivity index (χ0n) is 12.4. The molecule has 1 amide bonds. The maximum Gasteiger partial charge on any atom is 0.267 e. The summed E-state index contributed by atoms with van der Waals surface area (Å²) in [7, 11) is 3.78. The third kappa shape index (κ3) is 3.83. The number of amides is 1. The van der Waals surface area contributed by atoms with Gasteiger partial charge in [-0.25, -0.2) is 4.98 Å². The van der Waals surface area contributed by atoms with E-state index in [1.807, 2.05) is 30.8 Å². The monoisotopic (exact) mass is 284 g/mol. The first-order chi connectivity index (χ1) is 8.90. The van der Waals surface area contributed by atoms with Crippen molar-refractivity contribution in [3.05, 3.63) is 4.88 Å². The number of carbonyl (C=O) groups excluding carboxylic acids is 1. The zero-order chi connectivity index (χ0) is 14.6. The summed E-state index contributed by atoms with van der Waals surface area (Å²) < 4.78 is 0. The second-order valence-corrected chi connectivity index (χ2v) is 5.94. The van der Waals surface area contributed by atoms with E-state index in [-0.39, 0.29) is 5.91 Å². The van der Waals surface area contributed by atoms with Crippen LogP contribution in [-0.4, -0.2) is 43.0 Å². The third-order valence-corrected chi connectivity index (χ3v) is 4.34. The zero-order valence-corrected chi connectivity index (χ0v) is 13.3. The van der Waals surface area contributed by atoms with Gasteiger partial charge in [0.1, 0.15) is 10.7 Å². The van der Waals surface area contributed by atoms with Crippen LogP contribution in [0.2, 0.25) is 0 Å². The second-order valence-electron chi connectivity index (χ2n) is 4.96. The van der Waals surface area contributed by atoms with E-state index >= 15 is 0 Å². The van der Waals surface area contributed by atoms with Crippen LogP contribution in [0.4, 0.5) is 10.9 Å². The summed E-state index contributed by atoms with van der Waals surface area (Å²) in [6.07, 6.45) is 1.06. The first-order valence-electron chi connectivity index (χ1n) is 6.63. The van der Waals surface area contributed by atoms with Crippen LogP contribution in [0.25, 0.3) is 0 Å². The fourth-order valence-electron chi connectivity index (χ4n) is 1.67. The van der Waals surface area contributed by atoms with Crippen molar-refractivity contribution in [1.82, 2.24) is 9.88 Å². The summed E-state index contributed by atoms with van der Waals surface area (Å²) in [5, 5.41) is 0.764. The van der Waals surface area contributed by atoms with Gasteiger partial charge in [-0.1, -0.05) is 31.6 Å². The van der Waals surface area contributed by atoms with Gasteiger partial charge in [-0.05, 0) is 12.8 Å². The average Bonchev–Trinajstić information content (AvgIpc) is 2.77. The van der Waals surface area contributed by atoms with E-state index in [1.165, 1.54) is 11.3 Å². The molecule has 108 valence electrons. The molecule has 0 aliphatic rings. The van der Waals surface area contributed by atoms with Crippen LogP contribution in [0, 0.1) is 5.92 Å². The van der Waals surface area contributed by atoms with Gasteiger partial charge in [0, 0.05) is 27.2 Å². The first kappa shape index (κ1) is 15.8. The topological polar surface area (TPSA) is 62.5 Å². The Bertz CT molecular complexity index is 430. The van der Waals surface area contributed by atoms with Crippen LogP contribution in [0.15, 0.2) is 0 Å². The van der Waals surface area contributed by atoms with Crippen molar-refractivity contribution in [2.24, 2.45) is 5.92 Å². The first-order valence-corrected chi connectivity index (χ1v) is 7.45. The molecule has 19 heavy (non-hydrogen) atoms. The lowest BCUT2D eigenvalue weighted by Crippen LogP contribution is -2.34. The van der Waals surface area contributed by atoms with E-state index in [0.29, 0.717) is 23.2 Å². The number of hydrogen-bond donors (Lipinski definition) is 1. The number of thiazole rings is 1. The Hall–Kier alpha value is -1.30. The molecule has 1 aromatic rings. The Morgan fingerprint density at radius 2 is 2.05 bits per heavy atom. The van der Waals surface area contributed by atoms with Gasteiger partial charge in [0.2, 0.25) is 0 Å². The smallest absolute Gasteiger partial charge is 0.267 e. The fraction of sp³-hybridized carbons (Fsp3) is 0.692. The molecular weight excluding hydrogens is 260 g/mol. The molecule has 5 nitrogen and oxygen atoms in total. The molecule has 0 saturated heterocycles. The predicted molar refractivity (Wildman–Crippen MR) is 81.9 cm³/mol. The Kier molecular flexibility index (Phi) is 5.60. The van der Waals surface area contributed by atoms with Crippen LogP contribution in [0.1, 0.15) is 36.9 Å². The SMILES string of the molecule is CCC(C)CN(CC)C(=O)c1sc(N(C)C)nc1N. The molecule has 0 saturated carbocycles. The van der Waals surface area contributed by atoms with E-state index in [4.69, 9.17) is 5.73 Å². The molecule has 0 spiro atoms. The Labute approximate surface area is 119 Å². The molecule has 0 fully saturated rings. The Morgan fingerprint density at radius 3 is 2.47 bits per heavy atom. The number of anilines is 2. The van der Waals surface area contributed by atoms with Crippen molar-refractivity contribution < 1.29 is 4.79 Å². The fourth-order valence-corrected chi connectivity index (χ4v) is 2.55. The lowest BCUT2D eigenvalue weighted by molar-refractivity contribution is 0.0746. The summed E-state index contributed by atoms with van der Waals surface area (Å²) in [5.74, 6) is 0.818. The minimum absolute atomic E-state index is 0.00843. The Balaban J connectivity index is 2.91. The number of aromatic nitrogens is 1. The molecule has 1 aromatic heterocycles. The largest absolute Gasteiger partial charge is 0.382 e. The van der Waals surface area contributed by atoms with E-state index in [0.717, 1.165) is 18.1 Å². The molecule has 0 aliphatic heterocycles. The quantitative estimate of drug-likeness (QED) is 0.870. The highest BCUT2D eigenvalue weighted by Crippen LogP contribution is 2.28. The lowest BCUT2D eigenvalue weighted by Gasteiger charge is -2.23. The molecule has 6 heteroatoms. The van der Waals surface area contributed by atoms with Crippen LogP contribution in [0.5, 0.6) is 0 Å². The molecular formula is C13H24N4OS. The standard InChI is InChI=1S/C13H24N4OS/c1-6-9(3)8-17(7-2)12(18)10-11(14)15-13(19-10)16(4)5/h9H,6-8,14H2,1-5H3. The van der Waals surface area contributed by atoms with Gasteiger partial charge < -0.3 is 15.5 Å². The van der Waals surface area contributed by atoms with Crippen molar-refractivity contribution in [3.63, 3.8) is 0 Å². The van der Waals surface area contributed by atoms with E-state index in [9.17, 15) is 4.79 Å². The maximum absolute atomic E-state index is 12.5. The molecule has 1 rings (SSSR count). The van der Waals surface area contributed by atoms with E-state index < -0.39 is 0 Å². The summed E-state index contributed by atoms with van der Waals surface area (Å²) >= 11 is 1.35. The molecule has 0 aromatic carbocycles. The molecule has 1 heterocycles. The minimum Gasteiger partial charge on any atom is -0.382 e. The maximum atomic E-state index is 12.5. The molecule has 0 radical (unpaired) electrons. The number of nitrogens with two attached hydrogens (primary N) is 1. The van der Waals surface area contributed by atoms with Crippen molar-refractivity contribution in [1.29, 1.82) is 0 Å². The number of nitrogens with zero attached hydrogens (tertiary/aromatic N) is 3. The normalized spacial score (nSPS) is 12.3. The van der Waals surface area contributed by atoms with Crippen LogP contribution in [-0.2, 0) is 0 Å². The highest BCUT2D eigenvalue weighted by Gasteiger charge is 2.22. The third-order valence-electron chi connectivity index (χ3n) is 3.12. The van der Waals surface area contributed by atoms with E-state index in [1.54, 1.807) is 0 Å². The van der Waals surface area contributed by atoms with Gasteiger partial charge in [-0.15, -0.1) is 0 Å². The summed E-state index contributed by atoms with van der Waals surface area (Å²) in [5.41, 5.74) is 5.86. The van der Waals surface area contributed by atoms with Crippen molar-refractivity contribution in [2.75, 3.05) is 37.8 Å². The lowest BCUT2D eigenvalue weighted by atomic mass is 10.1. The molecule has 1 atom stereocenters. The highest BCUT2D eigenvalue weighted by atomic mass is 32.1. The van der Waals surface area contributed by atoms with Gasteiger partial charge in [0.05, 0.1) is 0 Å². The predicted octanol–water partition coefficient (Wildman–Crippen LogP) is 2.30. The number of hydrogen-bond acceptors (Lipinski definition) is 5. The van der Waals surface area contributed by atoms with Crippen molar-refractivity contribution >= 4 is 28.2 Å². The number of rotatable bonds is 6.